The number of nitrogens with two attached hydrogens (primary N) is 1. The molecule has 0 spiro atoms. The van der Waals surface area contributed by atoms with E-state index < -0.39 is 5.91 Å². The first-order valence-electron chi connectivity index (χ1n) is 6.27. The van der Waals surface area contributed by atoms with E-state index in [9.17, 15) is 9.90 Å². The van der Waals surface area contributed by atoms with Gasteiger partial charge in [-0.1, -0.05) is 35.3 Å². The molecule has 7 heteroatoms. The zero-order valence-electron chi connectivity index (χ0n) is 11.6. The van der Waals surface area contributed by atoms with Crippen LogP contribution in [0.4, 0.5) is 5.69 Å². The Hall–Kier alpha value is -2.24. The van der Waals surface area contributed by atoms with Gasteiger partial charge in [0.15, 0.2) is 0 Å². The van der Waals surface area contributed by atoms with Crippen LogP contribution in [0.1, 0.15) is 22.8 Å². The van der Waals surface area contributed by atoms with Crippen LogP contribution in [0.15, 0.2) is 41.5 Å². The van der Waals surface area contributed by atoms with Gasteiger partial charge >= 0.3 is 0 Å². The van der Waals surface area contributed by atoms with Crippen molar-refractivity contribution >= 4 is 40.5 Å². The number of benzene rings is 2. The van der Waals surface area contributed by atoms with E-state index in [1.54, 1.807) is 31.2 Å². The van der Waals surface area contributed by atoms with Gasteiger partial charge < -0.3 is 10.8 Å². The Bertz CT molecular complexity index is 743. The Labute approximate surface area is 137 Å². The average molecular weight is 338 g/mol. The predicted octanol–water partition coefficient (Wildman–Crippen LogP) is 3.44. The molecule has 5 nitrogen and oxygen atoms in total. The maximum Gasteiger partial charge on any atom is 0.275 e. The van der Waals surface area contributed by atoms with Crippen LogP contribution < -0.4 is 11.2 Å². The SMILES string of the molecule is CC(=NNC(=O)c1cc(Cl)cc(Cl)c1O)c1ccc(N)cc1. The number of halogens is 2. The van der Waals surface area contributed by atoms with Crippen molar-refractivity contribution in [2.24, 2.45) is 5.10 Å². The fraction of sp³-hybridized carbons (Fsp3) is 0.0667. The van der Waals surface area contributed by atoms with Gasteiger partial charge in [0.1, 0.15) is 5.75 Å². The molecule has 1 amide bonds. The summed E-state index contributed by atoms with van der Waals surface area (Å²) in [5, 5.41) is 14.0. The zero-order chi connectivity index (χ0) is 16.3. The Morgan fingerprint density at radius 1 is 1.23 bits per heavy atom. The summed E-state index contributed by atoms with van der Waals surface area (Å²) in [4.78, 5) is 12.0. The molecule has 0 heterocycles. The molecule has 0 atom stereocenters. The highest BCUT2D eigenvalue weighted by molar-refractivity contribution is 6.36. The lowest BCUT2D eigenvalue weighted by atomic mass is 10.1. The average Bonchev–Trinajstić information content (AvgIpc) is 2.48. The molecular weight excluding hydrogens is 325 g/mol. The van der Waals surface area contributed by atoms with Crippen LogP contribution in [0, 0.1) is 0 Å². The Balaban J connectivity index is 2.19. The number of nitrogen functional groups attached to an aromatic ring is 1. The summed E-state index contributed by atoms with van der Waals surface area (Å²) in [6, 6.07) is 9.70. The number of carbonyl (C=O) groups is 1. The largest absolute Gasteiger partial charge is 0.506 e. The van der Waals surface area contributed by atoms with Crippen LogP contribution in [0.5, 0.6) is 5.75 Å². The second kappa shape index (κ2) is 6.68. The normalized spacial score (nSPS) is 11.3. The van der Waals surface area contributed by atoms with Crippen molar-refractivity contribution in [2.45, 2.75) is 6.92 Å². The molecule has 4 N–H and O–H groups in total. The summed E-state index contributed by atoms with van der Waals surface area (Å²) in [6.45, 7) is 1.73. The minimum absolute atomic E-state index is 0.00288. The number of carbonyl (C=O) groups excluding carboxylic acids is 1. The standard InChI is InChI=1S/C15H13Cl2N3O2/c1-8(9-2-4-11(18)5-3-9)19-20-15(22)12-6-10(16)7-13(17)14(12)21/h2-7,21H,18H2,1H3,(H,20,22). The fourth-order valence-electron chi connectivity index (χ4n) is 1.72. The van der Waals surface area contributed by atoms with Crippen molar-refractivity contribution in [3.05, 3.63) is 57.6 Å². The van der Waals surface area contributed by atoms with Gasteiger partial charge in [0.25, 0.3) is 5.91 Å². The number of amides is 1. The third-order valence-electron chi connectivity index (χ3n) is 2.93. The fourth-order valence-corrected chi connectivity index (χ4v) is 2.22. The molecular formula is C15H13Cl2N3O2. The second-order valence-corrected chi connectivity index (χ2v) is 5.39. The van der Waals surface area contributed by atoms with Crippen molar-refractivity contribution in [2.75, 3.05) is 5.73 Å². The minimum Gasteiger partial charge on any atom is -0.506 e. The quantitative estimate of drug-likeness (QED) is 0.455. The van der Waals surface area contributed by atoms with Crippen LogP contribution in [0.2, 0.25) is 10.0 Å². The topological polar surface area (TPSA) is 87.7 Å². The van der Waals surface area contributed by atoms with Crippen LogP contribution in [-0.4, -0.2) is 16.7 Å². The van der Waals surface area contributed by atoms with E-state index in [1.807, 2.05) is 0 Å². The molecule has 0 radical (unpaired) electrons. The maximum absolute atomic E-state index is 12.0. The molecule has 0 aliphatic rings. The molecule has 0 saturated heterocycles. The van der Waals surface area contributed by atoms with E-state index in [-0.39, 0.29) is 21.4 Å². The monoisotopic (exact) mass is 337 g/mol. The van der Waals surface area contributed by atoms with Crippen LogP contribution >= 0.6 is 23.2 Å². The van der Waals surface area contributed by atoms with Gasteiger partial charge in [-0.25, -0.2) is 5.43 Å². The summed E-state index contributed by atoms with van der Waals surface area (Å²) in [7, 11) is 0. The van der Waals surface area contributed by atoms with Crippen LogP contribution in [-0.2, 0) is 0 Å². The Kier molecular flexibility index (Phi) is 4.90. The van der Waals surface area contributed by atoms with E-state index >= 15 is 0 Å². The van der Waals surface area contributed by atoms with E-state index in [0.717, 1.165) is 5.56 Å². The zero-order valence-corrected chi connectivity index (χ0v) is 13.1. The first kappa shape index (κ1) is 16.1. The molecule has 0 fully saturated rings. The van der Waals surface area contributed by atoms with Crippen molar-refractivity contribution in [3.63, 3.8) is 0 Å². The van der Waals surface area contributed by atoms with E-state index in [4.69, 9.17) is 28.9 Å². The van der Waals surface area contributed by atoms with Crippen molar-refractivity contribution in [1.82, 2.24) is 5.43 Å². The first-order valence-corrected chi connectivity index (χ1v) is 7.02. The number of hydrogen-bond donors (Lipinski definition) is 3. The van der Waals surface area contributed by atoms with Crippen molar-refractivity contribution < 1.29 is 9.90 Å². The summed E-state index contributed by atoms with van der Waals surface area (Å²) in [5.74, 6) is -0.958. The van der Waals surface area contributed by atoms with Crippen molar-refractivity contribution in [3.8, 4) is 5.75 Å². The number of phenols is 1. The van der Waals surface area contributed by atoms with Gasteiger partial charge in [0.05, 0.1) is 16.3 Å². The Morgan fingerprint density at radius 2 is 1.86 bits per heavy atom. The van der Waals surface area contributed by atoms with Gasteiger partial charge in [-0.15, -0.1) is 0 Å². The van der Waals surface area contributed by atoms with Gasteiger partial charge in [0, 0.05) is 10.7 Å². The molecule has 114 valence electrons. The number of rotatable bonds is 3. The molecule has 0 saturated carbocycles. The lowest BCUT2D eigenvalue weighted by Gasteiger charge is -2.07. The van der Waals surface area contributed by atoms with Gasteiger partial charge in [0.2, 0.25) is 0 Å². The molecule has 2 rings (SSSR count). The third-order valence-corrected chi connectivity index (χ3v) is 3.43. The van der Waals surface area contributed by atoms with Crippen molar-refractivity contribution in [1.29, 1.82) is 0 Å². The highest BCUT2D eigenvalue weighted by Crippen LogP contribution is 2.30. The highest BCUT2D eigenvalue weighted by Gasteiger charge is 2.15. The number of nitrogens with zero attached hydrogens (tertiary/aromatic N) is 1. The first-order chi connectivity index (χ1) is 10.4. The summed E-state index contributed by atoms with van der Waals surface area (Å²) >= 11 is 11.6. The predicted molar refractivity (Wildman–Crippen MR) is 88.7 cm³/mol. The number of phenolic OH excluding ortho intramolecular Hbond substituents is 1. The van der Waals surface area contributed by atoms with Gasteiger partial charge in [-0.05, 0) is 36.8 Å². The molecule has 2 aromatic rings. The molecule has 0 aromatic heterocycles. The van der Waals surface area contributed by atoms with Gasteiger partial charge in [-0.2, -0.15) is 5.10 Å². The lowest BCUT2D eigenvalue weighted by Crippen LogP contribution is -2.19. The Morgan fingerprint density at radius 3 is 2.50 bits per heavy atom. The number of nitrogens with one attached hydrogen (secondary N) is 1. The number of anilines is 1. The molecule has 22 heavy (non-hydrogen) atoms. The lowest BCUT2D eigenvalue weighted by molar-refractivity contribution is 0.0952. The van der Waals surface area contributed by atoms with E-state index in [1.165, 1.54) is 12.1 Å². The maximum atomic E-state index is 12.0. The van der Waals surface area contributed by atoms with Crippen LogP contribution in [0.3, 0.4) is 0 Å². The summed E-state index contributed by atoms with van der Waals surface area (Å²) < 4.78 is 0. The third kappa shape index (κ3) is 3.69. The molecule has 0 bridgehead atoms. The number of hydrazone groups is 1. The molecule has 0 aliphatic carbocycles. The number of hydrogen-bond acceptors (Lipinski definition) is 4. The number of aromatic hydroxyl groups is 1. The summed E-state index contributed by atoms with van der Waals surface area (Å²) in [6.07, 6.45) is 0. The minimum atomic E-state index is -0.614. The van der Waals surface area contributed by atoms with E-state index in [2.05, 4.69) is 10.5 Å². The highest BCUT2D eigenvalue weighted by atomic mass is 35.5. The second-order valence-electron chi connectivity index (χ2n) is 4.54. The van der Waals surface area contributed by atoms with E-state index in [0.29, 0.717) is 11.4 Å². The molecule has 0 unspecified atom stereocenters. The van der Waals surface area contributed by atoms with Gasteiger partial charge in [-0.3, -0.25) is 4.79 Å². The smallest absolute Gasteiger partial charge is 0.275 e. The molecule has 2 aromatic carbocycles. The van der Waals surface area contributed by atoms with Crippen LogP contribution in [0.25, 0.3) is 0 Å². The summed E-state index contributed by atoms with van der Waals surface area (Å²) in [5.41, 5.74) is 9.94. The molecule has 0 aliphatic heterocycles.